The second kappa shape index (κ2) is 8.16. The van der Waals surface area contributed by atoms with Crippen molar-refractivity contribution in [2.45, 2.75) is 12.6 Å². The summed E-state index contributed by atoms with van der Waals surface area (Å²) >= 11 is 0. The number of halogens is 1. The number of carbonyl (C=O) groups is 1. The highest BCUT2D eigenvalue weighted by Gasteiger charge is 2.21. The van der Waals surface area contributed by atoms with Crippen LogP contribution in [0.4, 0.5) is 4.39 Å². The zero-order chi connectivity index (χ0) is 18.5. The summed E-state index contributed by atoms with van der Waals surface area (Å²) in [5.41, 5.74) is 1.29. The second-order valence-electron chi connectivity index (χ2n) is 6.27. The van der Waals surface area contributed by atoms with Crippen LogP contribution in [0, 0.1) is 5.82 Å². The lowest BCUT2D eigenvalue weighted by atomic mass is 10.1. The van der Waals surface area contributed by atoms with Crippen molar-refractivity contribution in [1.82, 2.24) is 10.2 Å². The lowest BCUT2D eigenvalue weighted by Crippen LogP contribution is -2.47. The maximum absolute atomic E-state index is 13.0. The summed E-state index contributed by atoms with van der Waals surface area (Å²) < 4.78 is 18.7. The maximum Gasteiger partial charge on any atom is 0.251 e. The quantitative estimate of drug-likeness (QED) is 0.709. The fraction of sp³-hybridized carbons (Fsp3) is 0.316. The van der Waals surface area contributed by atoms with Gasteiger partial charge in [0.25, 0.3) is 5.91 Å². The molecule has 0 bridgehead atoms. The molecule has 2 aromatic rings. The third-order valence-corrected chi connectivity index (χ3v) is 4.27. The first-order valence-electron chi connectivity index (χ1n) is 8.40. The average Bonchev–Trinajstić information content (AvgIpc) is 2.64. The van der Waals surface area contributed by atoms with Crippen LogP contribution in [0.5, 0.6) is 11.5 Å². The van der Waals surface area contributed by atoms with Gasteiger partial charge in [-0.3, -0.25) is 9.69 Å². The molecule has 1 amide bonds. The molecule has 1 fully saturated rings. The largest absolute Gasteiger partial charge is 0.504 e. The minimum absolute atomic E-state index is 0.154. The Morgan fingerprint density at radius 2 is 1.96 bits per heavy atom. The van der Waals surface area contributed by atoms with Gasteiger partial charge in [-0.2, -0.15) is 0 Å². The highest BCUT2D eigenvalue weighted by atomic mass is 19.1. The molecule has 6 nitrogen and oxygen atoms in total. The number of hydrogen-bond donors (Lipinski definition) is 3. The minimum atomic E-state index is -0.348. The molecule has 1 saturated heterocycles. The second-order valence-corrected chi connectivity index (χ2v) is 6.27. The van der Waals surface area contributed by atoms with E-state index in [1.807, 2.05) is 0 Å². The van der Waals surface area contributed by atoms with E-state index in [1.54, 1.807) is 12.1 Å². The molecule has 138 valence electrons. The number of amides is 1. The Bertz CT molecular complexity index is 767. The zero-order valence-corrected chi connectivity index (χ0v) is 14.2. The zero-order valence-electron chi connectivity index (χ0n) is 14.2. The van der Waals surface area contributed by atoms with Gasteiger partial charge in [0.05, 0.1) is 12.7 Å². The van der Waals surface area contributed by atoms with E-state index in [-0.39, 0.29) is 34.9 Å². The number of rotatable bonds is 5. The van der Waals surface area contributed by atoms with Gasteiger partial charge in [0.15, 0.2) is 11.5 Å². The summed E-state index contributed by atoms with van der Waals surface area (Å²) in [5.74, 6) is -1.21. The average molecular weight is 360 g/mol. The summed E-state index contributed by atoms with van der Waals surface area (Å²) in [7, 11) is 0. The SMILES string of the molecule is O=C(NCC1CN(Cc2ccc(F)cc2)CCO1)c1ccc(O)c(O)c1. The number of nitrogens with one attached hydrogen (secondary N) is 1. The van der Waals surface area contributed by atoms with Gasteiger partial charge in [0, 0.05) is 31.7 Å². The van der Waals surface area contributed by atoms with Gasteiger partial charge in [-0.15, -0.1) is 0 Å². The smallest absolute Gasteiger partial charge is 0.251 e. The Labute approximate surface area is 150 Å². The van der Waals surface area contributed by atoms with Crippen LogP contribution in [0.25, 0.3) is 0 Å². The fourth-order valence-corrected chi connectivity index (χ4v) is 2.87. The lowest BCUT2D eigenvalue weighted by Gasteiger charge is -2.33. The molecule has 7 heteroatoms. The first-order chi connectivity index (χ1) is 12.5. The third-order valence-electron chi connectivity index (χ3n) is 4.27. The van der Waals surface area contributed by atoms with E-state index in [0.29, 0.717) is 26.2 Å². The first kappa shape index (κ1) is 18.2. The minimum Gasteiger partial charge on any atom is -0.504 e. The lowest BCUT2D eigenvalue weighted by molar-refractivity contribution is -0.0292. The summed E-state index contributed by atoms with van der Waals surface area (Å²) in [6.45, 7) is 3.01. The van der Waals surface area contributed by atoms with Crippen molar-refractivity contribution < 1.29 is 24.1 Å². The molecular weight excluding hydrogens is 339 g/mol. The number of hydrogen-bond acceptors (Lipinski definition) is 5. The van der Waals surface area contributed by atoms with Crippen LogP contribution in [0.2, 0.25) is 0 Å². The number of morpholine rings is 1. The van der Waals surface area contributed by atoms with Gasteiger partial charge in [-0.25, -0.2) is 4.39 Å². The van der Waals surface area contributed by atoms with Gasteiger partial charge in [-0.1, -0.05) is 12.1 Å². The predicted octanol–water partition coefficient (Wildman–Crippen LogP) is 1.87. The van der Waals surface area contributed by atoms with Crippen LogP contribution in [0.15, 0.2) is 42.5 Å². The molecule has 3 N–H and O–H groups in total. The molecule has 2 aromatic carbocycles. The first-order valence-corrected chi connectivity index (χ1v) is 8.40. The Morgan fingerprint density at radius 1 is 1.19 bits per heavy atom. The van der Waals surface area contributed by atoms with Crippen LogP contribution in [-0.2, 0) is 11.3 Å². The normalized spacial score (nSPS) is 17.8. The Hall–Kier alpha value is -2.64. The Balaban J connectivity index is 1.50. The van der Waals surface area contributed by atoms with E-state index in [0.717, 1.165) is 12.1 Å². The molecule has 1 aliphatic rings. The number of nitrogens with zero attached hydrogens (tertiary/aromatic N) is 1. The van der Waals surface area contributed by atoms with Crippen LogP contribution in [0.3, 0.4) is 0 Å². The van der Waals surface area contributed by atoms with Crippen LogP contribution >= 0.6 is 0 Å². The molecule has 0 radical (unpaired) electrons. The number of aromatic hydroxyl groups is 2. The number of ether oxygens (including phenoxy) is 1. The molecule has 0 saturated carbocycles. The molecule has 0 spiro atoms. The van der Waals surface area contributed by atoms with Gasteiger partial charge >= 0.3 is 0 Å². The molecule has 3 rings (SSSR count). The van der Waals surface area contributed by atoms with Crippen LogP contribution < -0.4 is 5.32 Å². The molecule has 1 aliphatic heterocycles. The van der Waals surface area contributed by atoms with E-state index in [1.165, 1.54) is 30.3 Å². The molecule has 0 aliphatic carbocycles. The third kappa shape index (κ3) is 4.71. The van der Waals surface area contributed by atoms with Gasteiger partial charge in [0.1, 0.15) is 5.82 Å². The molecule has 1 atom stereocenters. The van der Waals surface area contributed by atoms with Crippen molar-refractivity contribution in [2.24, 2.45) is 0 Å². The number of phenols is 2. The molecule has 26 heavy (non-hydrogen) atoms. The molecule has 1 unspecified atom stereocenters. The standard InChI is InChI=1S/C19H21FN2O4/c20-15-4-1-13(2-5-15)11-22-7-8-26-16(12-22)10-21-19(25)14-3-6-17(23)18(24)9-14/h1-6,9,16,23-24H,7-8,10-12H2,(H,21,25). The Kier molecular flexibility index (Phi) is 5.70. The number of phenolic OH excluding ortho intramolecular Hbond substituents is 2. The molecular formula is C19H21FN2O4. The topological polar surface area (TPSA) is 82.0 Å². The summed E-state index contributed by atoms with van der Waals surface area (Å²) in [6.07, 6.45) is -0.154. The van der Waals surface area contributed by atoms with E-state index < -0.39 is 0 Å². The van der Waals surface area contributed by atoms with E-state index in [4.69, 9.17) is 4.74 Å². The molecule has 0 aromatic heterocycles. The maximum atomic E-state index is 13.0. The number of carbonyl (C=O) groups excluding carboxylic acids is 1. The Morgan fingerprint density at radius 3 is 2.69 bits per heavy atom. The van der Waals surface area contributed by atoms with Crippen molar-refractivity contribution in [1.29, 1.82) is 0 Å². The van der Waals surface area contributed by atoms with Crippen molar-refractivity contribution in [3.05, 3.63) is 59.4 Å². The van der Waals surface area contributed by atoms with E-state index in [2.05, 4.69) is 10.2 Å². The van der Waals surface area contributed by atoms with E-state index >= 15 is 0 Å². The van der Waals surface area contributed by atoms with Crippen molar-refractivity contribution in [3.63, 3.8) is 0 Å². The number of benzene rings is 2. The summed E-state index contributed by atoms with van der Waals surface area (Å²) in [5, 5.41) is 21.5. The summed E-state index contributed by atoms with van der Waals surface area (Å²) in [4.78, 5) is 14.3. The van der Waals surface area contributed by atoms with E-state index in [9.17, 15) is 19.4 Å². The highest BCUT2D eigenvalue weighted by molar-refractivity contribution is 5.94. The summed E-state index contributed by atoms with van der Waals surface area (Å²) in [6, 6.07) is 10.3. The van der Waals surface area contributed by atoms with Crippen molar-refractivity contribution in [3.8, 4) is 11.5 Å². The monoisotopic (exact) mass is 360 g/mol. The highest BCUT2D eigenvalue weighted by Crippen LogP contribution is 2.24. The van der Waals surface area contributed by atoms with Crippen LogP contribution in [0.1, 0.15) is 15.9 Å². The fourth-order valence-electron chi connectivity index (χ4n) is 2.87. The van der Waals surface area contributed by atoms with Gasteiger partial charge in [-0.05, 0) is 35.9 Å². The molecule has 1 heterocycles. The van der Waals surface area contributed by atoms with Gasteiger partial charge < -0.3 is 20.3 Å². The van der Waals surface area contributed by atoms with Crippen molar-refractivity contribution >= 4 is 5.91 Å². The van der Waals surface area contributed by atoms with Crippen molar-refractivity contribution in [2.75, 3.05) is 26.2 Å². The predicted molar refractivity (Wildman–Crippen MR) is 93.5 cm³/mol. The van der Waals surface area contributed by atoms with Crippen LogP contribution in [-0.4, -0.2) is 53.4 Å². The van der Waals surface area contributed by atoms with Gasteiger partial charge in [0.2, 0.25) is 0 Å².